The summed E-state index contributed by atoms with van der Waals surface area (Å²) in [6.07, 6.45) is -1.20. The first-order chi connectivity index (χ1) is 16.7. The minimum absolute atomic E-state index is 0.0315. The number of hydrogen-bond acceptors (Lipinski definition) is 5. The van der Waals surface area contributed by atoms with Gasteiger partial charge >= 0.3 is 12.2 Å². The monoisotopic (exact) mass is 487 g/mol. The van der Waals surface area contributed by atoms with Crippen molar-refractivity contribution in [1.82, 2.24) is 35.0 Å². The summed E-state index contributed by atoms with van der Waals surface area (Å²) in [4.78, 5) is 27.9. The van der Waals surface area contributed by atoms with Crippen LogP contribution in [0.3, 0.4) is 0 Å². The molecule has 1 unspecified atom stereocenters. The molecular weight excluding hydrogens is 470 g/mol. The highest BCUT2D eigenvalue weighted by atomic mass is 19.4. The zero-order valence-electron chi connectivity index (χ0n) is 17.9. The van der Waals surface area contributed by atoms with Gasteiger partial charge in [-0.2, -0.15) is 32.3 Å². The number of imide groups is 1. The maximum atomic E-state index is 14.4. The molecule has 2 N–H and O–H groups in total. The van der Waals surface area contributed by atoms with E-state index in [9.17, 15) is 27.2 Å². The number of fused-ring (bicyclic) bond motifs is 2. The van der Waals surface area contributed by atoms with Crippen LogP contribution >= 0.6 is 0 Å². The molecule has 2 aliphatic rings. The second-order valence-corrected chi connectivity index (χ2v) is 8.78. The van der Waals surface area contributed by atoms with Crippen molar-refractivity contribution in [2.24, 2.45) is 0 Å². The molecule has 1 aromatic carbocycles. The molecule has 3 aromatic heterocycles. The number of aromatic nitrogens is 5. The van der Waals surface area contributed by atoms with Crippen LogP contribution in [0, 0.1) is 5.95 Å². The van der Waals surface area contributed by atoms with Gasteiger partial charge in [-0.3, -0.25) is 14.8 Å². The summed E-state index contributed by atoms with van der Waals surface area (Å²) in [6.45, 7) is -1.13. The van der Waals surface area contributed by atoms with Crippen molar-refractivity contribution in [2.75, 3.05) is 6.54 Å². The third kappa shape index (κ3) is 3.76. The first-order valence-corrected chi connectivity index (χ1v) is 10.8. The molecule has 13 heteroatoms. The fourth-order valence-corrected chi connectivity index (χ4v) is 4.74. The first-order valence-electron chi connectivity index (χ1n) is 10.8. The number of nitrogens with one attached hydrogen (secondary N) is 2. The average molecular weight is 487 g/mol. The summed E-state index contributed by atoms with van der Waals surface area (Å²) in [6, 6.07) is 6.33. The molecule has 4 heterocycles. The number of carbonyl (C=O) groups excluding carboxylic acids is 2. The normalized spacial score (nSPS) is 22.5. The second kappa shape index (κ2) is 7.48. The van der Waals surface area contributed by atoms with E-state index >= 15 is 0 Å². The van der Waals surface area contributed by atoms with Crippen molar-refractivity contribution < 1.29 is 27.2 Å². The Balaban J connectivity index is 1.33. The number of carbonyl (C=O) groups is 2. The molecule has 6 rings (SSSR count). The van der Waals surface area contributed by atoms with Gasteiger partial charge in [0, 0.05) is 17.5 Å². The number of urea groups is 1. The molecule has 1 saturated carbocycles. The molecule has 0 radical (unpaired) electrons. The van der Waals surface area contributed by atoms with Crippen LogP contribution in [0.5, 0.6) is 0 Å². The summed E-state index contributed by atoms with van der Waals surface area (Å²) >= 11 is 0. The highest BCUT2D eigenvalue weighted by Gasteiger charge is 2.42. The zero-order chi connectivity index (χ0) is 24.5. The largest absolute Gasteiger partial charge is 0.408 e. The lowest BCUT2D eigenvalue weighted by atomic mass is 9.99. The van der Waals surface area contributed by atoms with Crippen LogP contribution in [0.15, 0.2) is 36.7 Å². The Morgan fingerprint density at radius 1 is 1.11 bits per heavy atom. The average Bonchev–Trinajstić information content (AvgIpc) is 3.38. The van der Waals surface area contributed by atoms with Crippen molar-refractivity contribution in [2.45, 2.75) is 36.9 Å². The number of nitrogens with zero attached hydrogens (tertiary/aromatic N) is 5. The third-order valence-corrected chi connectivity index (χ3v) is 6.46. The van der Waals surface area contributed by atoms with Crippen molar-refractivity contribution in [3.05, 3.63) is 59.4 Å². The number of imidazole rings is 1. The molecule has 1 aliphatic heterocycles. The van der Waals surface area contributed by atoms with Gasteiger partial charge in [-0.15, -0.1) is 0 Å². The van der Waals surface area contributed by atoms with Crippen LogP contribution in [0.4, 0.5) is 22.4 Å². The number of benzene rings is 1. The van der Waals surface area contributed by atoms with E-state index < -0.39 is 36.5 Å². The molecule has 2 fully saturated rings. The number of hydrogen-bond donors (Lipinski definition) is 2. The second-order valence-electron chi connectivity index (χ2n) is 8.78. The van der Waals surface area contributed by atoms with Gasteiger partial charge in [0.1, 0.15) is 6.54 Å². The Bertz CT molecular complexity index is 1510. The Morgan fingerprint density at radius 2 is 1.94 bits per heavy atom. The summed E-state index contributed by atoms with van der Waals surface area (Å²) in [5.41, 5.74) is 2.65. The molecule has 1 saturated heterocycles. The minimum Gasteiger partial charge on any atom is -0.337 e. The molecule has 9 nitrogen and oxygen atoms in total. The van der Waals surface area contributed by atoms with E-state index in [1.807, 2.05) is 6.07 Å². The standard InChI is InChI=1S/C22H17F4N7O2/c23-18-8-27-19-14(5-16(31-33(18)19)15-7-28-21(35)30-20(15)34)13-4-12(13)10-1-2-17-11(3-10)6-29-32(17)9-22(24,25)26/h1-3,5-6,8,12-13,15H,4,7,9H2,(H2,28,30,34,35)/t12-,13+,15?/m1/s1. The van der Waals surface area contributed by atoms with Gasteiger partial charge in [-0.25, -0.2) is 9.78 Å². The minimum atomic E-state index is -4.37. The molecule has 4 aromatic rings. The lowest BCUT2D eigenvalue weighted by molar-refractivity contribution is -0.141. The molecule has 1 aliphatic carbocycles. The Morgan fingerprint density at radius 3 is 2.71 bits per heavy atom. The maximum absolute atomic E-state index is 14.4. The van der Waals surface area contributed by atoms with E-state index in [2.05, 4.69) is 25.8 Å². The molecule has 0 spiro atoms. The lowest BCUT2D eigenvalue weighted by Gasteiger charge is -2.22. The Hall–Kier alpha value is -4.03. The molecular formula is C22H17F4N7O2. The summed E-state index contributed by atoms with van der Waals surface area (Å²) < 4.78 is 54.8. The summed E-state index contributed by atoms with van der Waals surface area (Å²) in [7, 11) is 0. The number of rotatable bonds is 4. The van der Waals surface area contributed by atoms with Gasteiger partial charge < -0.3 is 5.32 Å². The topological polar surface area (TPSA) is 106 Å². The highest BCUT2D eigenvalue weighted by molar-refractivity contribution is 6.00. The van der Waals surface area contributed by atoms with E-state index in [1.54, 1.807) is 18.2 Å². The lowest BCUT2D eigenvalue weighted by Crippen LogP contribution is -2.51. The van der Waals surface area contributed by atoms with Crippen molar-refractivity contribution in [3.63, 3.8) is 0 Å². The van der Waals surface area contributed by atoms with Crippen LogP contribution in [0.1, 0.15) is 41.0 Å². The fraction of sp³-hybridized carbons (Fsp3) is 0.318. The highest BCUT2D eigenvalue weighted by Crippen LogP contribution is 2.56. The van der Waals surface area contributed by atoms with E-state index in [0.29, 0.717) is 34.2 Å². The van der Waals surface area contributed by atoms with Gasteiger partial charge in [0.25, 0.3) is 0 Å². The van der Waals surface area contributed by atoms with Crippen LogP contribution in [0.25, 0.3) is 16.6 Å². The first kappa shape index (κ1) is 21.5. The molecule has 180 valence electrons. The van der Waals surface area contributed by atoms with E-state index in [1.165, 1.54) is 6.20 Å². The number of alkyl halides is 3. The predicted molar refractivity (Wildman–Crippen MR) is 113 cm³/mol. The fourth-order valence-electron chi connectivity index (χ4n) is 4.74. The molecule has 3 amide bonds. The summed E-state index contributed by atoms with van der Waals surface area (Å²) in [5, 5.41) is 13.4. The quantitative estimate of drug-likeness (QED) is 0.431. The number of amides is 3. The van der Waals surface area contributed by atoms with Crippen LogP contribution in [-0.4, -0.2) is 49.0 Å². The zero-order valence-corrected chi connectivity index (χ0v) is 17.9. The van der Waals surface area contributed by atoms with Crippen molar-refractivity contribution >= 4 is 28.5 Å². The van der Waals surface area contributed by atoms with Crippen LogP contribution in [-0.2, 0) is 11.3 Å². The predicted octanol–water partition coefficient (Wildman–Crippen LogP) is 2.97. The van der Waals surface area contributed by atoms with E-state index in [-0.39, 0.29) is 18.4 Å². The molecule has 35 heavy (non-hydrogen) atoms. The van der Waals surface area contributed by atoms with Crippen LogP contribution < -0.4 is 10.6 Å². The third-order valence-electron chi connectivity index (χ3n) is 6.46. The molecule has 3 atom stereocenters. The van der Waals surface area contributed by atoms with E-state index in [4.69, 9.17) is 0 Å². The van der Waals surface area contributed by atoms with Crippen LogP contribution in [0.2, 0.25) is 0 Å². The molecule has 0 bridgehead atoms. The van der Waals surface area contributed by atoms with Gasteiger partial charge in [0.05, 0.1) is 29.5 Å². The number of halogens is 4. The van der Waals surface area contributed by atoms with Gasteiger partial charge in [-0.05, 0) is 42.0 Å². The Kier molecular flexibility index (Phi) is 4.60. The van der Waals surface area contributed by atoms with E-state index in [0.717, 1.165) is 21.0 Å². The van der Waals surface area contributed by atoms with Crippen molar-refractivity contribution in [3.8, 4) is 0 Å². The smallest absolute Gasteiger partial charge is 0.337 e. The van der Waals surface area contributed by atoms with Crippen molar-refractivity contribution in [1.29, 1.82) is 0 Å². The summed E-state index contributed by atoms with van der Waals surface area (Å²) in [5.74, 6) is -2.01. The van der Waals surface area contributed by atoms with Gasteiger partial charge in [0.15, 0.2) is 5.65 Å². The van der Waals surface area contributed by atoms with Gasteiger partial charge in [-0.1, -0.05) is 6.07 Å². The SMILES string of the molecule is O=C1NCC(c2cc([C@H]3C[C@@H]3c3ccc4c(cnn4CC(F)(F)F)c3)c3ncc(F)n3n2)C(=O)N1. The maximum Gasteiger partial charge on any atom is 0.408 e. The Labute approximate surface area is 194 Å². The van der Waals surface area contributed by atoms with Gasteiger partial charge in [0.2, 0.25) is 11.9 Å².